The summed E-state index contributed by atoms with van der Waals surface area (Å²) in [6.07, 6.45) is 0.717. The summed E-state index contributed by atoms with van der Waals surface area (Å²) >= 11 is 3.50. The van der Waals surface area contributed by atoms with Gasteiger partial charge in [0.15, 0.2) is 0 Å². The van der Waals surface area contributed by atoms with Crippen molar-refractivity contribution in [3.8, 4) is 0 Å². The largest absolute Gasteiger partial charge is 0.350 e. The van der Waals surface area contributed by atoms with Crippen LogP contribution in [0.25, 0.3) is 0 Å². The maximum absolute atomic E-state index is 13.8. The molecule has 0 unspecified atom stereocenters. The molecule has 0 radical (unpaired) electrons. The number of halogens is 1. The van der Waals surface area contributed by atoms with Crippen molar-refractivity contribution < 1.29 is 19.2 Å². The number of hydrogen-bond acceptors (Lipinski definition) is 4. The van der Waals surface area contributed by atoms with E-state index in [0.717, 1.165) is 15.6 Å². The molecule has 0 aromatic heterocycles. The molecule has 4 rings (SSSR count). The lowest BCUT2D eigenvalue weighted by Crippen LogP contribution is -2.54. The summed E-state index contributed by atoms with van der Waals surface area (Å²) in [5.74, 6) is -1.14. The van der Waals surface area contributed by atoms with Gasteiger partial charge < -0.3 is 10.2 Å². The van der Waals surface area contributed by atoms with E-state index in [1.807, 2.05) is 75.4 Å². The van der Waals surface area contributed by atoms with Crippen LogP contribution in [0.4, 0.5) is 0 Å². The van der Waals surface area contributed by atoms with Crippen LogP contribution in [0.15, 0.2) is 83.3 Å². The summed E-state index contributed by atoms with van der Waals surface area (Å²) in [6.45, 7) is 6.09. The highest BCUT2D eigenvalue weighted by Gasteiger charge is 2.36. The fraction of sp³-hybridized carbons (Fsp3) is 0.312. The van der Waals surface area contributed by atoms with E-state index in [1.165, 1.54) is 4.90 Å². The Hall–Kier alpha value is -3.78. The normalized spacial score (nSPS) is 13.7. The fourth-order valence-electron chi connectivity index (χ4n) is 4.81. The first kappa shape index (κ1) is 29.2. The first-order valence-electron chi connectivity index (χ1n) is 13.4. The second kappa shape index (κ2) is 12.6. The van der Waals surface area contributed by atoms with Crippen molar-refractivity contribution in [3.63, 3.8) is 0 Å². The number of hydrogen-bond donors (Lipinski definition) is 1. The van der Waals surface area contributed by atoms with Crippen LogP contribution in [-0.2, 0) is 22.6 Å². The summed E-state index contributed by atoms with van der Waals surface area (Å²) in [5.41, 5.74) is 2.11. The second-order valence-electron chi connectivity index (χ2n) is 11.0. The predicted molar refractivity (Wildman–Crippen MR) is 158 cm³/mol. The van der Waals surface area contributed by atoms with Gasteiger partial charge in [-0.2, -0.15) is 0 Å². The molecule has 208 valence electrons. The van der Waals surface area contributed by atoms with Crippen LogP contribution in [0, 0.1) is 0 Å². The predicted octanol–water partition coefficient (Wildman–Crippen LogP) is 5.38. The van der Waals surface area contributed by atoms with E-state index in [0.29, 0.717) is 17.5 Å². The Labute approximate surface area is 243 Å². The number of rotatable bonds is 10. The Morgan fingerprint density at radius 1 is 0.875 bits per heavy atom. The Bertz CT molecular complexity index is 1370. The number of benzene rings is 3. The molecule has 0 fully saturated rings. The monoisotopic (exact) mass is 603 g/mol. The highest BCUT2D eigenvalue weighted by molar-refractivity contribution is 9.10. The van der Waals surface area contributed by atoms with Crippen molar-refractivity contribution in [1.29, 1.82) is 0 Å². The van der Waals surface area contributed by atoms with E-state index in [9.17, 15) is 19.2 Å². The SMILES string of the molecule is CC(C)(C)NC(=O)[C@@H](Cc1ccccc1)N(Cc1cccc(Br)c1)C(=O)CCCN1C(=O)c2ccccc2C1=O. The van der Waals surface area contributed by atoms with Crippen LogP contribution < -0.4 is 5.32 Å². The standard InChI is InChI=1S/C32H34BrN3O4/c1-32(2,3)34-29(38)27(20-22-11-5-4-6-12-22)36(21-23-13-9-14-24(33)19-23)28(37)17-10-18-35-30(39)25-15-7-8-16-26(25)31(35)40/h4-9,11-16,19,27H,10,17-18,20-21H2,1-3H3,(H,34,38)/t27-/m1/s1. The summed E-state index contributed by atoms with van der Waals surface area (Å²) in [5, 5.41) is 3.05. The zero-order valence-corrected chi connectivity index (χ0v) is 24.6. The lowest BCUT2D eigenvalue weighted by molar-refractivity contribution is -0.142. The van der Waals surface area contributed by atoms with Gasteiger partial charge in [-0.15, -0.1) is 0 Å². The number of nitrogens with zero attached hydrogens (tertiary/aromatic N) is 2. The highest BCUT2D eigenvalue weighted by Crippen LogP contribution is 2.24. The molecule has 1 heterocycles. The average molecular weight is 605 g/mol. The second-order valence-corrected chi connectivity index (χ2v) is 11.9. The molecule has 0 saturated carbocycles. The minimum atomic E-state index is -0.757. The molecule has 40 heavy (non-hydrogen) atoms. The Balaban J connectivity index is 1.56. The van der Waals surface area contributed by atoms with E-state index in [-0.39, 0.29) is 49.6 Å². The topological polar surface area (TPSA) is 86.8 Å². The van der Waals surface area contributed by atoms with Gasteiger partial charge in [-0.05, 0) is 62.6 Å². The van der Waals surface area contributed by atoms with Gasteiger partial charge in [0.1, 0.15) is 6.04 Å². The van der Waals surface area contributed by atoms with Gasteiger partial charge in [-0.3, -0.25) is 24.1 Å². The molecule has 0 spiro atoms. The Morgan fingerprint density at radius 2 is 1.48 bits per heavy atom. The molecule has 1 aliphatic heterocycles. The van der Waals surface area contributed by atoms with E-state index >= 15 is 0 Å². The van der Waals surface area contributed by atoms with Gasteiger partial charge in [-0.25, -0.2) is 0 Å². The molecular formula is C32H34BrN3O4. The molecule has 8 heteroatoms. The van der Waals surface area contributed by atoms with Gasteiger partial charge in [0, 0.05) is 35.9 Å². The molecule has 0 aliphatic carbocycles. The molecule has 1 aliphatic rings. The van der Waals surface area contributed by atoms with Crippen LogP contribution >= 0.6 is 15.9 Å². The van der Waals surface area contributed by atoms with Gasteiger partial charge >= 0.3 is 0 Å². The van der Waals surface area contributed by atoms with E-state index in [2.05, 4.69) is 21.2 Å². The highest BCUT2D eigenvalue weighted by atomic mass is 79.9. The number of imide groups is 1. The van der Waals surface area contributed by atoms with Crippen molar-refractivity contribution >= 4 is 39.6 Å². The van der Waals surface area contributed by atoms with E-state index < -0.39 is 11.6 Å². The molecule has 0 bridgehead atoms. The third-order valence-electron chi connectivity index (χ3n) is 6.66. The van der Waals surface area contributed by atoms with E-state index in [4.69, 9.17) is 0 Å². The quantitative estimate of drug-likeness (QED) is 0.315. The van der Waals surface area contributed by atoms with Crippen molar-refractivity contribution in [2.24, 2.45) is 0 Å². The molecule has 0 saturated heterocycles. The van der Waals surface area contributed by atoms with Crippen molar-refractivity contribution in [2.75, 3.05) is 6.54 Å². The first-order chi connectivity index (χ1) is 19.0. The number of carbonyl (C=O) groups is 4. The zero-order chi connectivity index (χ0) is 28.9. The zero-order valence-electron chi connectivity index (χ0n) is 23.0. The maximum Gasteiger partial charge on any atom is 0.261 e. The molecule has 3 aromatic rings. The summed E-state index contributed by atoms with van der Waals surface area (Å²) in [6, 6.07) is 23.3. The third kappa shape index (κ3) is 7.24. The Kier molecular flexibility index (Phi) is 9.20. The number of nitrogens with one attached hydrogen (secondary N) is 1. The molecule has 1 N–H and O–H groups in total. The van der Waals surface area contributed by atoms with Gasteiger partial charge in [0.05, 0.1) is 11.1 Å². The summed E-state index contributed by atoms with van der Waals surface area (Å²) in [7, 11) is 0. The molecule has 7 nitrogen and oxygen atoms in total. The van der Waals surface area contributed by atoms with Crippen molar-refractivity contribution in [1.82, 2.24) is 15.1 Å². The van der Waals surface area contributed by atoms with Crippen molar-refractivity contribution in [3.05, 3.63) is 106 Å². The van der Waals surface area contributed by atoms with Crippen LogP contribution in [0.2, 0.25) is 0 Å². The molecular weight excluding hydrogens is 570 g/mol. The lowest BCUT2D eigenvalue weighted by Gasteiger charge is -2.34. The molecule has 4 amide bonds. The smallest absolute Gasteiger partial charge is 0.261 e. The average Bonchev–Trinajstić information content (AvgIpc) is 3.15. The summed E-state index contributed by atoms with van der Waals surface area (Å²) < 4.78 is 0.877. The van der Waals surface area contributed by atoms with Crippen LogP contribution in [-0.4, -0.2) is 51.6 Å². The van der Waals surface area contributed by atoms with Crippen LogP contribution in [0.3, 0.4) is 0 Å². The maximum atomic E-state index is 13.8. The van der Waals surface area contributed by atoms with Crippen LogP contribution in [0.1, 0.15) is 65.5 Å². The number of amides is 4. The first-order valence-corrected chi connectivity index (χ1v) is 14.2. The summed E-state index contributed by atoms with van der Waals surface area (Å²) in [4.78, 5) is 55.9. The molecule has 3 aromatic carbocycles. The fourth-order valence-corrected chi connectivity index (χ4v) is 5.26. The van der Waals surface area contributed by atoms with Crippen molar-refractivity contribution in [2.45, 2.75) is 58.2 Å². The minimum Gasteiger partial charge on any atom is -0.350 e. The minimum absolute atomic E-state index is 0.0789. The van der Waals surface area contributed by atoms with Gasteiger partial charge in [0.2, 0.25) is 11.8 Å². The molecule has 1 atom stereocenters. The number of fused-ring (bicyclic) bond motifs is 1. The third-order valence-corrected chi connectivity index (χ3v) is 7.16. The van der Waals surface area contributed by atoms with Gasteiger partial charge in [-0.1, -0.05) is 70.5 Å². The van der Waals surface area contributed by atoms with E-state index in [1.54, 1.807) is 29.2 Å². The van der Waals surface area contributed by atoms with Crippen LogP contribution in [0.5, 0.6) is 0 Å². The van der Waals surface area contributed by atoms with Gasteiger partial charge in [0.25, 0.3) is 11.8 Å². The number of carbonyl (C=O) groups excluding carboxylic acids is 4. The lowest BCUT2D eigenvalue weighted by atomic mass is 10.00. The Morgan fingerprint density at radius 3 is 2.08 bits per heavy atom.